The molecular formula is C17H28N2O2. The minimum atomic E-state index is -0.524. The number of aliphatic hydroxyl groups is 1. The zero-order valence-electron chi connectivity index (χ0n) is 13.7. The van der Waals surface area contributed by atoms with Gasteiger partial charge in [-0.15, -0.1) is 0 Å². The highest BCUT2D eigenvalue weighted by atomic mass is 16.5. The molecule has 2 atom stereocenters. The van der Waals surface area contributed by atoms with Gasteiger partial charge in [-0.1, -0.05) is 13.0 Å². The Morgan fingerprint density at radius 3 is 2.38 bits per heavy atom. The molecule has 1 aromatic rings. The lowest BCUT2D eigenvalue weighted by Gasteiger charge is -2.40. The van der Waals surface area contributed by atoms with Crippen LogP contribution in [0.5, 0.6) is 5.75 Å². The molecule has 1 N–H and O–H groups in total. The van der Waals surface area contributed by atoms with Crippen LogP contribution in [0, 0.1) is 0 Å². The van der Waals surface area contributed by atoms with E-state index in [0.717, 1.165) is 43.2 Å². The van der Waals surface area contributed by atoms with Crippen molar-refractivity contribution >= 4 is 5.69 Å². The van der Waals surface area contributed by atoms with E-state index in [1.165, 1.54) is 6.42 Å². The Morgan fingerprint density at radius 2 is 1.86 bits per heavy atom. The summed E-state index contributed by atoms with van der Waals surface area (Å²) in [5.41, 5.74) is 2.00. The molecule has 4 heteroatoms. The zero-order chi connectivity index (χ0) is 15.4. The summed E-state index contributed by atoms with van der Waals surface area (Å²) in [6, 6.07) is 6.65. The average molecular weight is 292 g/mol. The van der Waals surface area contributed by atoms with Crippen LogP contribution < -0.4 is 9.64 Å². The lowest BCUT2D eigenvalue weighted by atomic mass is 10.0. The standard InChI is InChI=1S/C17H28N2O2/c1-5-13(2)18-9-11-19(12-10-18)15-7-6-8-16(21-4)17(15)14(3)20/h6-8,13-14,20H,5,9-12H2,1-4H3/t13?,14-/m0/s1. The van der Waals surface area contributed by atoms with Gasteiger partial charge < -0.3 is 14.7 Å². The molecule has 1 saturated heterocycles. The number of anilines is 1. The lowest BCUT2D eigenvalue weighted by molar-refractivity contribution is 0.187. The van der Waals surface area contributed by atoms with Crippen molar-refractivity contribution in [3.63, 3.8) is 0 Å². The fourth-order valence-corrected chi connectivity index (χ4v) is 3.07. The summed E-state index contributed by atoms with van der Waals surface area (Å²) in [7, 11) is 1.66. The molecule has 0 aromatic heterocycles. The highest BCUT2D eigenvalue weighted by molar-refractivity contribution is 5.60. The van der Waals surface area contributed by atoms with Gasteiger partial charge in [-0.25, -0.2) is 0 Å². The molecule has 1 unspecified atom stereocenters. The quantitative estimate of drug-likeness (QED) is 0.905. The fourth-order valence-electron chi connectivity index (χ4n) is 3.07. The molecule has 21 heavy (non-hydrogen) atoms. The summed E-state index contributed by atoms with van der Waals surface area (Å²) in [5.74, 6) is 0.770. The van der Waals surface area contributed by atoms with Crippen LogP contribution in [0.2, 0.25) is 0 Å². The fraction of sp³-hybridized carbons (Fsp3) is 0.647. The van der Waals surface area contributed by atoms with Gasteiger partial charge in [-0.3, -0.25) is 4.90 Å². The van der Waals surface area contributed by atoms with E-state index in [0.29, 0.717) is 6.04 Å². The molecule has 2 rings (SSSR count). The zero-order valence-corrected chi connectivity index (χ0v) is 13.7. The van der Waals surface area contributed by atoms with Crippen molar-refractivity contribution in [2.75, 3.05) is 38.2 Å². The molecule has 1 fully saturated rings. The second kappa shape index (κ2) is 7.14. The third kappa shape index (κ3) is 3.50. The monoisotopic (exact) mass is 292 g/mol. The molecule has 1 aliphatic rings. The summed E-state index contributed by atoms with van der Waals surface area (Å²) >= 11 is 0. The van der Waals surface area contributed by atoms with Crippen molar-refractivity contribution in [2.24, 2.45) is 0 Å². The Balaban J connectivity index is 2.17. The van der Waals surface area contributed by atoms with E-state index in [1.807, 2.05) is 12.1 Å². The van der Waals surface area contributed by atoms with E-state index >= 15 is 0 Å². The molecule has 0 aliphatic carbocycles. The van der Waals surface area contributed by atoms with Gasteiger partial charge in [0.15, 0.2) is 0 Å². The van der Waals surface area contributed by atoms with Gasteiger partial charge in [0.05, 0.1) is 13.2 Å². The number of ether oxygens (including phenoxy) is 1. The lowest BCUT2D eigenvalue weighted by Crippen LogP contribution is -2.49. The summed E-state index contributed by atoms with van der Waals surface area (Å²) in [6.07, 6.45) is 0.668. The van der Waals surface area contributed by atoms with Gasteiger partial charge in [0.25, 0.3) is 0 Å². The smallest absolute Gasteiger partial charge is 0.126 e. The number of hydrogen-bond acceptors (Lipinski definition) is 4. The third-order valence-electron chi connectivity index (χ3n) is 4.55. The van der Waals surface area contributed by atoms with E-state index in [9.17, 15) is 5.11 Å². The second-order valence-electron chi connectivity index (χ2n) is 5.85. The minimum Gasteiger partial charge on any atom is -0.496 e. The van der Waals surface area contributed by atoms with Crippen LogP contribution in [0.15, 0.2) is 18.2 Å². The van der Waals surface area contributed by atoms with Gasteiger partial charge >= 0.3 is 0 Å². The van der Waals surface area contributed by atoms with Gasteiger partial charge in [0.2, 0.25) is 0 Å². The first-order valence-corrected chi connectivity index (χ1v) is 7.92. The predicted octanol–water partition coefficient (Wildman–Crippen LogP) is 2.67. The molecule has 1 aliphatic heterocycles. The van der Waals surface area contributed by atoms with E-state index < -0.39 is 6.10 Å². The molecule has 0 bridgehead atoms. The molecule has 0 spiro atoms. The van der Waals surface area contributed by atoms with E-state index in [4.69, 9.17) is 4.74 Å². The van der Waals surface area contributed by atoms with Crippen LogP contribution in [0.4, 0.5) is 5.69 Å². The maximum Gasteiger partial charge on any atom is 0.126 e. The maximum atomic E-state index is 10.1. The Hall–Kier alpha value is -1.26. The van der Waals surface area contributed by atoms with Crippen molar-refractivity contribution in [3.05, 3.63) is 23.8 Å². The van der Waals surface area contributed by atoms with Gasteiger partial charge in [0, 0.05) is 43.5 Å². The highest BCUT2D eigenvalue weighted by Gasteiger charge is 2.24. The van der Waals surface area contributed by atoms with Crippen LogP contribution in [-0.4, -0.2) is 49.3 Å². The van der Waals surface area contributed by atoms with Crippen molar-refractivity contribution in [1.82, 2.24) is 4.90 Å². The summed E-state index contributed by atoms with van der Waals surface area (Å²) in [5, 5.41) is 10.1. The van der Waals surface area contributed by atoms with E-state index in [2.05, 4.69) is 29.7 Å². The van der Waals surface area contributed by atoms with E-state index in [-0.39, 0.29) is 0 Å². The first kappa shape index (κ1) is 16.1. The van der Waals surface area contributed by atoms with Crippen LogP contribution in [0.25, 0.3) is 0 Å². The molecule has 0 saturated carbocycles. The predicted molar refractivity (Wildman–Crippen MR) is 87.2 cm³/mol. The largest absolute Gasteiger partial charge is 0.496 e. The number of methoxy groups -OCH3 is 1. The highest BCUT2D eigenvalue weighted by Crippen LogP contribution is 2.35. The Labute approximate surface area is 128 Å². The van der Waals surface area contributed by atoms with Crippen LogP contribution in [0.1, 0.15) is 38.9 Å². The summed E-state index contributed by atoms with van der Waals surface area (Å²) in [4.78, 5) is 4.90. The minimum absolute atomic E-state index is 0.524. The Morgan fingerprint density at radius 1 is 1.19 bits per heavy atom. The first-order valence-electron chi connectivity index (χ1n) is 7.92. The van der Waals surface area contributed by atoms with Gasteiger partial charge in [-0.05, 0) is 32.4 Å². The second-order valence-corrected chi connectivity index (χ2v) is 5.85. The summed E-state index contributed by atoms with van der Waals surface area (Å²) in [6.45, 7) is 10.5. The first-order chi connectivity index (χ1) is 10.1. The average Bonchev–Trinajstić information content (AvgIpc) is 2.53. The topological polar surface area (TPSA) is 35.9 Å². The van der Waals surface area contributed by atoms with Gasteiger partial charge in [-0.2, -0.15) is 0 Å². The number of nitrogens with zero attached hydrogens (tertiary/aromatic N) is 2. The molecule has 1 heterocycles. The van der Waals surface area contributed by atoms with Crippen LogP contribution in [-0.2, 0) is 0 Å². The number of benzene rings is 1. The van der Waals surface area contributed by atoms with Crippen molar-refractivity contribution in [3.8, 4) is 5.75 Å². The molecule has 1 aromatic carbocycles. The Bertz CT molecular complexity index is 454. The molecule has 118 valence electrons. The van der Waals surface area contributed by atoms with Crippen molar-refractivity contribution < 1.29 is 9.84 Å². The van der Waals surface area contributed by atoms with E-state index in [1.54, 1.807) is 14.0 Å². The maximum absolute atomic E-state index is 10.1. The third-order valence-corrected chi connectivity index (χ3v) is 4.55. The van der Waals surface area contributed by atoms with Crippen LogP contribution in [0.3, 0.4) is 0 Å². The molecule has 0 radical (unpaired) electrons. The number of rotatable bonds is 5. The molecular weight excluding hydrogens is 264 g/mol. The SMILES string of the molecule is CCC(C)N1CCN(c2cccc(OC)c2[C@H](C)O)CC1. The van der Waals surface area contributed by atoms with Gasteiger partial charge in [0.1, 0.15) is 5.75 Å². The van der Waals surface area contributed by atoms with Crippen LogP contribution >= 0.6 is 0 Å². The molecule has 0 amide bonds. The normalized spacial score (nSPS) is 19.4. The van der Waals surface area contributed by atoms with Crippen molar-refractivity contribution in [1.29, 1.82) is 0 Å². The Kier molecular flexibility index (Phi) is 5.48. The number of hydrogen-bond donors (Lipinski definition) is 1. The number of aliphatic hydroxyl groups excluding tert-OH is 1. The number of piperazine rings is 1. The molecule has 4 nitrogen and oxygen atoms in total. The summed E-state index contributed by atoms with van der Waals surface area (Å²) < 4.78 is 5.42. The van der Waals surface area contributed by atoms with Crippen molar-refractivity contribution in [2.45, 2.75) is 39.3 Å².